The Balaban J connectivity index is 1.31. The predicted molar refractivity (Wildman–Crippen MR) is 134 cm³/mol. The highest BCUT2D eigenvalue weighted by Gasteiger charge is 2.20. The van der Waals surface area contributed by atoms with Gasteiger partial charge in [-0.25, -0.2) is 4.52 Å². The summed E-state index contributed by atoms with van der Waals surface area (Å²) in [5.74, 6) is 1.41. The molecular weight excluding hydrogens is 412 g/mol. The van der Waals surface area contributed by atoms with Gasteiger partial charge in [0.15, 0.2) is 5.65 Å². The third-order valence-corrected chi connectivity index (χ3v) is 6.43. The maximum absolute atomic E-state index is 5.27. The number of benzene rings is 2. The minimum Gasteiger partial charge on any atom is -0.497 e. The van der Waals surface area contributed by atoms with Crippen LogP contribution in [-0.4, -0.2) is 59.8 Å². The van der Waals surface area contributed by atoms with Crippen LogP contribution >= 0.6 is 0 Å². The summed E-state index contributed by atoms with van der Waals surface area (Å²) in [6.45, 7) is 2.19. The van der Waals surface area contributed by atoms with E-state index in [-0.39, 0.29) is 0 Å². The number of nitrogens with one attached hydrogen (secondary N) is 1. The van der Waals surface area contributed by atoms with Crippen LogP contribution in [0.1, 0.15) is 12.8 Å². The molecule has 4 aromatic rings. The van der Waals surface area contributed by atoms with Crippen molar-refractivity contribution < 1.29 is 4.74 Å². The number of fused-ring (bicyclic) bond motifs is 1. The van der Waals surface area contributed by atoms with Crippen molar-refractivity contribution in [2.45, 2.75) is 18.9 Å². The van der Waals surface area contributed by atoms with Crippen LogP contribution in [0.3, 0.4) is 0 Å². The molecule has 0 atom stereocenters. The quantitative estimate of drug-likeness (QED) is 0.468. The van der Waals surface area contributed by atoms with Gasteiger partial charge in [-0.2, -0.15) is 4.98 Å². The summed E-state index contributed by atoms with van der Waals surface area (Å²) in [7, 11) is 6.02. The van der Waals surface area contributed by atoms with Crippen molar-refractivity contribution in [1.29, 1.82) is 0 Å². The van der Waals surface area contributed by atoms with Crippen molar-refractivity contribution in [3.63, 3.8) is 0 Å². The van der Waals surface area contributed by atoms with Gasteiger partial charge in [-0.3, -0.25) is 0 Å². The number of hydrogen-bond donors (Lipinski definition) is 1. The molecule has 3 heterocycles. The van der Waals surface area contributed by atoms with E-state index in [9.17, 15) is 0 Å². The summed E-state index contributed by atoms with van der Waals surface area (Å²) in [4.78, 5) is 9.47. The van der Waals surface area contributed by atoms with Crippen LogP contribution in [0.2, 0.25) is 0 Å². The molecule has 1 saturated heterocycles. The normalized spacial score (nSPS) is 14.7. The number of aromatic nitrogens is 3. The summed E-state index contributed by atoms with van der Waals surface area (Å²) < 4.78 is 7.14. The summed E-state index contributed by atoms with van der Waals surface area (Å²) in [5, 5.41) is 8.07. The van der Waals surface area contributed by atoms with E-state index in [1.165, 1.54) is 18.5 Å². The van der Waals surface area contributed by atoms with Crippen molar-refractivity contribution in [3.05, 3.63) is 66.7 Å². The molecule has 0 radical (unpaired) electrons. The molecule has 170 valence electrons. The number of piperidine rings is 1. The van der Waals surface area contributed by atoms with E-state index in [0.717, 1.165) is 41.4 Å². The lowest BCUT2D eigenvalue weighted by Gasteiger charge is -2.36. The van der Waals surface area contributed by atoms with Crippen LogP contribution in [0.4, 0.5) is 17.3 Å². The number of anilines is 3. The van der Waals surface area contributed by atoms with Gasteiger partial charge in [0.2, 0.25) is 5.95 Å². The number of rotatable bonds is 6. The molecule has 7 heteroatoms. The van der Waals surface area contributed by atoms with Crippen LogP contribution in [0.15, 0.2) is 66.7 Å². The van der Waals surface area contributed by atoms with Gasteiger partial charge in [0.25, 0.3) is 0 Å². The standard InChI is InChI=1S/C26H30N6O/c1-30(2)21-15-17-31(18-16-21)22-11-9-20(10-12-22)27-26-28-25-6-4-5-24(32(25)29-26)19-7-13-23(33-3)14-8-19/h4-14,21H,15-18H2,1-3H3,(H,27,29). The van der Waals surface area contributed by atoms with Crippen molar-refractivity contribution in [2.75, 3.05) is 44.5 Å². The number of hydrogen-bond acceptors (Lipinski definition) is 6. The third kappa shape index (κ3) is 4.50. The van der Waals surface area contributed by atoms with E-state index < -0.39 is 0 Å². The number of pyridine rings is 1. The Morgan fingerprint density at radius 2 is 1.67 bits per heavy atom. The maximum Gasteiger partial charge on any atom is 0.247 e. The monoisotopic (exact) mass is 442 g/mol. The Labute approximate surface area is 194 Å². The first kappa shape index (κ1) is 21.3. The highest BCUT2D eigenvalue weighted by atomic mass is 16.5. The smallest absolute Gasteiger partial charge is 0.247 e. The van der Waals surface area contributed by atoms with Crippen LogP contribution < -0.4 is 15.0 Å². The molecular formula is C26H30N6O. The summed E-state index contributed by atoms with van der Waals surface area (Å²) >= 11 is 0. The molecule has 0 saturated carbocycles. The van der Waals surface area contributed by atoms with Gasteiger partial charge in [0.05, 0.1) is 12.8 Å². The molecule has 2 aromatic heterocycles. The topological polar surface area (TPSA) is 57.9 Å². The molecule has 2 aromatic carbocycles. The molecule has 0 aliphatic carbocycles. The highest BCUT2D eigenvalue weighted by Crippen LogP contribution is 2.26. The Morgan fingerprint density at radius 3 is 2.33 bits per heavy atom. The molecule has 0 spiro atoms. The molecule has 0 amide bonds. The zero-order chi connectivity index (χ0) is 22.8. The van der Waals surface area contributed by atoms with Gasteiger partial charge in [-0.1, -0.05) is 6.07 Å². The Morgan fingerprint density at radius 1 is 0.939 bits per heavy atom. The zero-order valence-corrected chi connectivity index (χ0v) is 19.4. The molecule has 33 heavy (non-hydrogen) atoms. The molecule has 1 aliphatic heterocycles. The average molecular weight is 443 g/mol. The van der Waals surface area contributed by atoms with Crippen molar-refractivity contribution in [2.24, 2.45) is 0 Å². The number of nitrogens with zero attached hydrogens (tertiary/aromatic N) is 5. The Bertz CT molecular complexity index is 1210. The van der Waals surface area contributed by atoms with Crippen LogP contribution in [0.5, 0.6) is 5.75 Å². The minimum absolute atomic E-state index is 0.579. The lowest BCUT2D eigenvalue weighted by atomic mass is 10.0. The van der Waals surface area contributed by atoms with E-state index in [4.69, 9.17) is 9.84 Å². The Hall–Kier alpha value is -3.58. The predicted octanol–water partition coefficient (Wildman–Crippen LogP) is 4.68. The van der Waals surface area contributed by atoms with E-state index in [0.29, 0.717) is 12.0 Å². The van der Waals surface area contributed by atoms with E-state index in [2.05, 4.69) is 58.5 Å². The number of ether oxygens (including phenoxy) is 1. The van der Waals surface area contributed by atoms with Gasteiger partial charge in [-0.15, -0.1) is 5.10 Å². The van der Waals surface area contributed by atoms with E-state index in [1.54, 1.807) is 7.11 Å². The first-order chi connectivity index (χ1) is 16.1. The van der Waals surface area contributed by atoms with Gasteiger partial charge < -0.3 is 19.9 Å². The summed E-state index contributed by atoms with van der Waals surface area (Å²) in [6, 6.07) is 23.2. The van der Waals surface area contributed by atoms with Gasteiger partial charge in [-0.05, 0) is 87.6 Å². The number of methoxy groups -OCH3 is 1. The average Bonchev–Trinajstić information content (AvgIpc) is 3.27. The maximum atomic E-state index is 5.27. The first-order valence-corrected chi connectivity index (χ1v) is 11.4. The fraction of sp³-hybridized carbons (Fsp3) is 0.308. The molecule has 5 rings (SSSR count). The molecule has 1 fully saturated rings. The molecule has 1 N–H and O–H groups in total. The highest BCUT2D eigenvalue weighted by molar-refractivity contribution is 5.66. The molecule has 0 bridgehead atoms. The van der Waals surface area contributed by atoms with Crippen molar-refractivity contribution in [3.8, 4) is 17.0 Å². The fourth-order valence-electron chi connectivity index (χ4n) is 4.46. The zero-order valence-electron chi connectivity index (χ0n) is 19.4. The van der Waals surface area contributed by atoms with Gasteiger partial charge >= 0.3 is 0 Å². The van der Waals surface area contributed by atoms with E-state index in [1.807, 2.05) is 47.0 Å². The third-order valence-electron chi connectivity index (χ3n) is 6.43. The second-order valence-electron chi connectivity index (χ2n) is 8.70. The lowest BCUT2D eigenvalue weighted by Crippen LogP contribution is -2.41. The Kier molecular flexibility index (Phi) is 5.88. The first-order valence-electron chi connectivity index (χ1n) is 11.4. The summed E-state index contributed by atoms with van der Waals surface area (Å²) in [6.07, 6.45) is 2.41. The molecule has 0 unspecified atom stereocenters. The minimum atomic E-state index is 0.579. The second-order valence-corrected chi connectivity index (χ2v) is 8.70. The van der Waals surface area contributed by atoms with Crippen molar-refractivity contribution >= 4 is 23.0 Å². The van der Waals surface area contributed by atoms with Crippen molar-refractivity contribution in [1.82, 2.24) is 19.5 Å². The lowest BCUT2D eigenvalue weighted by molar-refractivity contribution is 0.249. The fourth-order valence-corrected chi connectivity index (χ4v) is 4.46. The molecule has 7 nitrogen and oxygen atoms in total. The van der Waals surface area contributed by atoms with Crippen LogP contribution in [0.25, 0.3) is 16.9 Å². The summed E-state index contributed by atoms with van der Waals surface area (Å²) in [5.41, 5.74) is 5.07. The SMILES string of the molecule is COc1ccc(-c2cccc3nc(Nc4ccc(N5CCC(N(C)C)CC5)cc4)nn23)cc1. The van der Waals surface area contributed by atoms with Crippen LogP contribution in [-0.2, 0) is 0 Å². The van der Waals surface area contributed by atoms with Gasteiger partial charge in [0.1, 0.15) is 5.75 Å². The largest absolute Gasteiger partial charge is 0.497 e. The second kappa shape index (κ2) is 9.11. The van der Waals surface area contributed by atoms with Crippen LogP contribution in [0, 0.1) is 0 Å². The van der Waals surface area contributed by atoms with Gasteiger partial charge in [0, 0.05) is 36.1 Å². The molecule has 1 aliphatic rings. The van der Waals surface area contributed by atoms with E-state index >= 15 is 0 Å².